The molecule has 2 aromatic heterocycles. The first-order chi connectivity index (χ1) is 15.1. The summed E-state index contributed by atoms with van der Waals surface area (Å²) in [7, 11) is 1.38. The molecule has 3 aromatic rings. The lowest BCUT2D eigenvalue weighted by atomic mass is 10.2. The van der Waals surface area contributed by atoms with Crippen molar-refractivity contribution in [1.82, 2.24) is 24.9 Å². The fourth-order valence-corrected chi connectivity index (χ4v) is 3.48. The lowest BCUT2D eigenvalue weighted by Gasteiger charge is -2.33. The second-order valence-electron chi connectivity index (χ2n) is 7.16. The minimum Gasteiger partial charge on any atom is -0.493 e. The molecule has 0 saturated carbocycles. The van der Waals surface area contributed by atoms with E-state index >= 15 is 0 Å². The van der Waals surface area contributed by atoms with Gasteiger partial charge in [-0.25, -0.2) is 0 Å². The Balaban J connectivity index is 1.33. The molecule has 1 aliphatic rings. The number of piperazine rings is 1. The number of methoxy groups -OCH3 is 1. The van der Waals surface area contributed by atoms with E-state index in [2.05, 4.69) is 29.7 Å². The smallest absolute Gasteiger partial charge is 0.387 e. The summed E-state index contributed by atoms with van der Waals surface area (Å²) in [5, 5.41) is 4.02. The van der Waals surface area contributed by atoms with Crippen molar-refractivity contribution in [2.45, 2.75) is 19.7 Å². The molecule has 3 heterocycles. The Morgan fingerprint density at radius 3 is 2.39 bits per heavy atom. The van der Waals surface area contributed by atoms with E-state index in [1.165, 1.54) is 18.7 Å². The maximum Gasteiger partial charge on any atom is 0.387 e. The summed E-state index contributed by atoms with van der Waals surface area (Å²) in [6.45, 7) is 2.24. The van der Waals surface area contributed by atoms with E-state index in [9.17, 15) is 8.78 Å². The molecule has 10 heteroatoms. The zero-order valence-corrected chi connectivity index (χ0v) is 17.1. The lowest BCUT2D eigenvalue weighted by molar-refractivity contribution is -0.0512. The third-order valence-electron chi connectivity index (χ3n) is 5.09. The third-order valence-corrected chi connectivity index (χ3v) is 5.09. The first kappa shape index (κ1) is 21.1. The first-order valence-corrected chi connectivity index (χ1v) is 9.90. The lowest BCUT2D eigenvalue weighted by Crippen LogP contribution is -2.45. The molecule has 0 bridgehead atoms. The summed E-state index contributed by atoms with van der Waals surface area (Å²) < 4.78 is 40.0. The highest BCUT2D eigenvalue weighted by Crippen LogP contribution is 2.32. The van der Waals surface area contributed by atoms with Crippen LogP contribution in [0.25, 0.3) is 11.4 Å². The van der Waals surface area contributed by atoms with Gasteiger partial charge < -0.3 is 14.0 Å². The number of nitrogens with zero attached hydrogens (tertiary/aromatic N) is 5. The Morgan fingerprint density at radius 1 is 1.00 bits per heavy atom. The Bertz CT molecular complexity index is 978. The van der Waals surface area contributed by atoms with Gasteiger partial charge >= 0.3 is 6.61 Å². The predicted octanol–water partition coefficient (Wildman–Crippen LogP) is 3.06. The summed E-state index contributed by atoms with van der Waals surface area (Å²) in [6.07, 6.45) is 3.63. The molecule has 0 N–H and O–H groups in total. The van der Waals surface area contributed by atoms with E-state index in [-0.39, 0.29) is 11.5 Å². The van der Waals surface area contributed by atoms with E-state index in [1.54, 1.807) is 12.1 Å². The number of alkyl halides is 2. The van der Waals surface area contributed by atoms with Crippen LogP contribution in [0, 0.1) is 0 Å². The standard InChI is InChI=1S/C21H23F2N5O3/c1-29-18-12-16(2-3-17(18)30-21(22)23)20-25-19(31-26-20)14-28-10-8-27(9-11-28)13-15-4-6-24-7-5-15/h2-7,12,21H,8-11,13-14H2,1H3. The zero-order valence-electron chi connectivity index (χ0n) is 17.1. The van der Waals surface area contributed by atoms with Crippen LogP contribution in [0.15, 0.2) is 47.2 Å². The Morgan fingerprint density at radius 2 is 1.71 bits per heavy atom. The van der Waals surface area contributed by atoms with Gasteiger partial charge in [-0.2, -0.15) is 13.8 Å². The van der Waals surface area contributed by atoms with Crippen molar-refractivity contribution in [3.05, 3.63) is 54.2 Å². The molecule has 0 unspecified atom stereocenters. The van der Waals surface area contributed by atoms with Crippen LogP contribution in [-0.2, 0) is 13.1 Å². The predicted molar refractivity (Wildman–Crippen MR) is 108 cm³/mol. The highest BCUT2D eigenvalue weighted by Gasteiger charge is 2.20. The quantitative estimate of drug-likeness (QED) is 0.539. The van der Waals surface area contributed by atoms with Gasteiger partial charge in [-0.05, 0) is 35.9 Å². The highest BCUT2D eigenvalue weighted by atomic mass is 19.3. The summed E-state index contributed by atoms with van der Waals surface area (Å²) in [6, 6.07) is 8.61. The van der Waals surface area contributed by atoms with E-state index in [1.807, 2.05) is 24.5 Å². The van der Waals surface area contributed by atoms with Gasteiger partial charge in [-0.3, -0.25) is 14.8 Å². The summed E-state index contributed by atoms with van der Waals surface area (Å²) in [4.78, 5) is 13.2. The number of benzene rings is 1. The van der Waals surface area contributed by atoms with E-state index in [0.29, 0.717) is 23.8 Å². The molecule has 4 rings (SSSR count). The topological polar surface area (TPSA) is 76.8 Å². The molecule has 0 radical (unpaired) electrons. The van der Waals surface area contributed by atoms with Crippen LogP contribution in [0.2, 0.25) is 0 Å². The normalized spacial score (nSPS) is 15.4. The van der Waals surface area contributed by atoms with Gasteiger partial charge in [0.2, 0.25) is 11.7 Å². The number of rotatable bonds is 8. The molecule has 0 atom stereocenters. The van der Waals surface area contributed by atoms with E-state index < -0.39 is 6.61 Å². The van der Waals surface area contributed by atoms with Gasteiger partial charge in [0.05, 0.1) is 13.7 Å². The molecule has 0 spiro atoms. The number of pyridine rings is 1. The summed E-state index contributed by atoms with van der Waals surface area (Å²) in [5.74, 6) is 1.00. The fraction of sp³-hybridized carbons (Fsp3) is 0.381. The Kier molecular flexibility index (Phi) is 6.68. The van der Waals surface area contributed by atoms with Crippen LogP contribution >= 0.6 is 0 Å². The van der Waals surface area contributed by atoms with Gasteiger partial charge in [0.15, 0.2) is 11.5 Å². The average Bonchev–Trinajstić information content (AvgIpc) is 3.24. The summed E-state index contributed by atoms with van der Waals surface area (Å²) in [5.41, 5.74) is 1.85. The molecule has 1 fully saturated rings. The Hall–Kier alpha value is -3.11. The van der Waals surface area contributed by atoms with Gasteiger partial charge in [-0.15, -0.1) is 0 Å². The SMILES string of the molecule is COc1cc(-c2noc(CN3CCN(Cc4ccncc4)CC3)n2)ccc1OC(F)F. The second-order valence-corrected chi connectivity index (χ2v) is 7.16. The molecule has 1 saturated heterocycles. The van der Waals surface area contributed by atoms with Crippen molar-refractivity contribution in [3.8, 4) is 22.9 Å². The van der Waals surface area contributed by atoms with E-state index in [0.717, 1.165) is 32.7 Å². The second kappa shape index (κ2) is 9.80. The molecular weight excluding hydrogens is 408 g/mol. The van der Waals surface area contributed by atoms with E-state index in [4.69, 9.17) is 9.26 Å². The number of aromatic nitrogens is 3. The number of halogens is 2. The van der Waals surface area contributed by atoms with Crippen molar-refractivity contribution in [1.29, 1.82) is 0 Å². The molecule has 1 aromatic carbocycles. The minimum absolute atomic E-state index is 0.0467. The van der Waals surface area contributed by atoms with Crippen LogP contribution in [0.5, 0.6) is 11.5 Å². The fourth-order valence-electron chi connectivity index (χ4n) is 3.48. The third kappa shape index (κ3) is 5.53. The maximum atomic E-state index is 12.5. The Labute approximate surface area is 178 Å². The van der Waals surface area contributed by atoms with Crippen molar-refractivity contribution in [2.75, 3.05) is 33.3 Å². The summed E-state index contributed by atoms with van der Waals surface area (Å²) >= 11 is 0. The molecule has 8 nitrogen and oxygen atoms in total. The van der Waals surface area contributed by atoms with Crippen molar-refractivity contribution in [3.63, 3.8) is 0 Å². The van der Waals surface area contributed by atoms with Gasteiger partial charge in [-0.1, -0.05) is 5.16 Å². The molecule has 164 valence electrons. The van der Waals surface area contributed by atoms with Crippen LogP contribution in [0.4, 0.5) is 8.78 Å². The number of hydrogen-bond donors (Lipinski definition) is 0. The number of ether oxygens (including phenoxy) is 2. The molecule has 0 aliphatic carbocycles. The molecule has 31 heavy (non-hydrogen) atoms. The maximum absolute atomic E-state index is 12.5. The van der Waals surface area contributed by atoms with Gasteiger partial charge in [0.1, 0.15) is 0 Å². The van der Waals surface area contributed by atoms with Crippen LogP contribution in [0.3, 0.4) is 0 Å². The minimum atomic E-state index is -2.93. The van der Waals surface area contributed by atoms with Crippen LogP contribution in [-0.4, -0.2) is 64.8 Å². The van der Waals surface area contributed by atoms with Crippen molar-refractivity contribution in [2.24, 2.45) is 0 Å². The van der Waals surface area contributed by atoms with Crippen molar-refractivity contribution < 1.29 is 22.8 Å². The van der Waals surface area contributed by atoms with Crippen LogP contribution < -0.4 is 9.47 Å². The highest BCUT2D eigenvalue weighted by molar-refractivity contribution is 5.60. The largest absolute Gasteiger partial charge is 0.493 e. The average molecular weight is 431 g/mol. The van der Waals surface area contributed by atoms with Gasteiger partial charge in [0.25, 0.3) is 0 Å². The van der Waals surface area contributed by atoms with Gasteiger partial charge in [0, 0.05) is 50.7 Å². The van der Waals surface area contributed by atoms with Crippen LogP contribution in [0.1, 0.15) is 11.5 Å². The molecule has 1 aliphatic heterocycles. The zero-order chi connectivity index (χ0) is 21.6. The monoisotopic (exact) mass is 431 g/mol. The first-order valence-electron chi connectivity index (χ1n) is 9.90. The number of hydrogen-bond acceptors (Lipinski definition) is 8. The molecule has 0 amide bonds. The molecular formula is C21H23F2N5O3. The van der Waals surface area contributed by atoms with Crippen molar-refractivity contribution >= 4 is 0 Å².